The number of hydrogen-bond donors (Lipinski definition) is 1. The fourth-order valence-electron chi connectivity index (χ4n) is 3.79. The molecule has 0 saturated carbocycles. The molecule has 1 atom stereocenters. The molecule has 3 aromatic rings. The monoisotopic (exact) mass is 536 g/mol. The van der Waals surface area contributed by atoms with E-state index in [9.17, 15) is 9.59 Å². The summed E-state index contributed by atoms with van der Waals surface area (Å²) in [5, 5.41) is 2.99. The number of aryl methyl sites for hydroxylation is 2. The average molecular weight is 537 g/mol. The molecule has 1 N–H and O–H groups in total. The van der Waals surface area contributed by atoms with Gasteiger partial charge in [0.25, 0.3) is 5.91 Å². The lowest BCUT2D eigenvalue weighted by Gasteiger charge is -2.31. The van der Waals surface area contributed by atoms with E-state index in [1.165, 1.54) is 0 Å². The van der Waals surface area contributed by atoms with Gasteiger partial charge in [0.2, 0.25) is 5.91 Å². The van der Waals surface area contributed by atoms with Crippen LogP contribution in [0.3, 0.4) is 0 Å². The van der Waals surface area contributed by atoms with E-state index in [1.807, 2.05) is 93.6 Å². The van der Waals surface area contributed by atoms with Crippen molar-refractivity contribution in [2.24, 2.45) is 0 Å². The quantitative estimate of drug-likeness (QED) is 0.346. The Kier molecular flexibility index (Phi) is 9.91. The maximum atomic E-state index is 13.6. The lowest BCUT2D eigenvalue weighted by Crippen LogP contribution is -2.51. The number of halogens is 1. The molecule has 3 aromatic carbocycles. The lowest BCUT2D eigenvalue weighted by atomic mass is 10.0. The fraction of sp³-hybridized carbons (Fsp3) is 0.310. The molecule has 3 rings (SSSR count). The van der Waals surface area contributed by atoms with Crippen molar-refractivity contribution in [1.29, 1.82) is 0 Å². The van der Waals surface area contributed by atoms with Gasteiger partial charge in [0, 0.05) is 24.0 Å². The first-order valence-corrected chi connectivity index (χ1v) is 12.7. The Hall–Kier alpha value is -3.12. The van der Waals surface area contributed by atoms with Crippen LogP contribution in [-0.2, 0) is 22.6 Å². The van der Waals surface area contributed by atoms with Gasteiger partial charge in [0.1, 0.15) is 11.8 Å². The van der Waals surface area contributed by atoms with Gasteiger partial charge >= 0.3 is 0 Å². The van der Waals surface area contributed by atoms with Gasteiger partial charge in [-0.05, 0) is 60.7 Å². The van der Waals surface area contributed by atoms with Crippen LogP contribution in [0, 0.1) is 13.8 Å². The summed E-state index contributed by atoms with van der Waals surface area (Å²) >= 11 is 3.46. The van der Waals surface area contributed by atoms with E-state index in [4.69, 9.17) is 4.74 Å². The van der Waals surface area contributed by atoms with Crippen LogP contribution >= 0.6 is 15.9 Å². The zero-order valence-electron chi connectivity index (χ0n) is 20.6. The summed E-state index contributed by atoms with van der Waals surface area (Å²) in [6.45, 7) is 6.67. The molecule has 6 heteroatoms. The number of rotatable bonds is 11. The van der Waals surface area contributed by atoms with Crippen molar-refractivity contribution in [3.8, 4) is 5.75 Å². The van der Waals surface area contributed by atoms with Gasteiger partial charge in [-0.2, -0.15) is 0 Å². The lowest BCUT2D eigenvalue weighted by molar-refractivity contribution is -0.142. The molecular weight excluding hydrogens is 504 g/mol. The molecule has 0 saturated heterocycles. The van der Waals surface area contributed by atoms with Crippen molar-refractivity contribution in [1.82, 2.24) is 10.2 Å². The van der Waals surface area contributed by atoms with E-state index >= 15 is 0 Å². The highest BCUT2D eigenvalue weighted by atomic mass is 79.9. The molecule has 0 spiro atoms. The predicted octanol–water partition coefficient (Wildman–Crippen LogP) is 5.61. The Morgan fingerprint density at radius 2 is 1.69 bits per heavy atom. The van der Waals surface area contributed by atoms with E-state index in [0.717, 1.165) is 33.1 Å². The minimum atomic E-state index is -0.665. The van der Waals surface area contributed by atoms with Crippen molar-refractivity contribution in [2.75, 3.05) is 13.2 Å². The number of carbonyl (C=O) groups excluding carboxylic acids is 2. The van der Waals surface area contributed by atoms with Crippen LogP contribution in [0.25, 0.3) is 0 Å². The first kappa shape index (κ1) is 26.5. The molecule has 0 heterocycles. The van der Waals surface area contributed by atoms with Crippen LogP contribution in [0.15, 0.2) is 77.3 Å². The van der Waals surface area contributed by atoms with Gasteiger partial charge in [0.05, 0.1) is 0 Å². The first-order chi connectivity index (χ1) is 16.9. The van der Waals surface area contributed by atoms with Gasteiger partial charge in [-0.3, -0.25) is 9.59 Å². The van der Waals surface area contributed by atoms with Crippen molar-refractivity contribution in [2.45, 2.75) is 46.2 Å². The number of hydrogen-bond acceptors (Lipinski definition) is 3. The minimum Gasteiger partial charge on any atom is -0.483 e. The summed E-state index contributed by atoms with van der Waals surface area (Å²) in [6.07, 6.45) is 1.24. The van der Waals surface area contributed by atoms with Gasteiger partial charge < -0.3 is 15.0 Å². The molecule has 1 unspecified atom stereocenters. The number of ether oxygens (including phenoxy) is 1. The molecule has 0 aliphatic rings. The molecule has 2 amide bonds. The number of nitrogens with one attached hydrogen (secondary N) is 1. The Balaban J connectivity index is 1.90. The molecule has 0 radical (unpaired) electrons. The smallest absolute Gasteiger partial charge is 0.261 e. The van der Waals surface area contributed by atoms with Crippen LogP contribution in [0.4, 0.5) is 0 Å². The minimum absolute atomic E-state index is 0.146. The van der Waals surface area contributed by atoms with Gasteiger partial charge in [-0.1, -0.05) is 77.5 Å². The molecule has 35 heavy (non-hydrogen) atoms. The zero-order valence-corrected chi connectivity index (χ0v) is 22.2. The van der Waals surface area contributed by atoms with Crippen molar-refractivity contribution in [3.05, 3.63) is 99.5 Å². The number of amides is 2. The third-order valence-corrected chi connectivity index (χ3v) is 6.31. The molecule has 0 aliphatic carbocycles. The summed E-state index contributed by atoms with van der Waals surface area (Å²) in [7, 11) is 0. The van der Waals surface area contributed by atoms with Crippen molar-refractivity contribution in [3.63, 3.8) is 0 Å². The van der Waals surface area contributed by atoms with Crippen LogP contribution < -0.4 is 10.1 Å². The molecule has 5 nitrogen and oxygen atoms in total. The fourth-order valence-corrected chi connectivity index (χ4v) is 4.06. The Bertz CT molecular complexity index is 1120. The summed E-state index contributed by atoms with van der Waals surface area (Å²) < 4.78 is 6.91. The Morgan fingerprint density at radius 3 is 2.37 bits per heavy atom. The zero-order chi connectivity index (χ0) is 25.2. The highest BCUT2D eigenvalue weighted by Gasteiger charge is 2.30. The molecule has 0 fully saturated rings. The summed E-state index contributed by atoms with van der Waals surface area (Å²) in [4.78, 5) is 28.6. The van der Waals surface area contributed by atoms with Crippen molar-refractivity contribution < 1.29 is 14.3 Å². The highest BCUT2D eigenvalue weighted by Crippen LogP contribution is 2.21. The molecule has 0 bridgehead atoms. The standard InChI is InChI=1S/C29H33BrN2O3/c1-4-16-31-29(34)26(18-23-8-6-5-7-9-23)32(19-24-12-14-25(30)15-13-24)28(33)20-35-27-17-21(2)10-11-22(27)3/h5-15,17,26H,4,16,18-20H2,1-3H3,(H,31,34). The second kappa shape index (κ2) is 13.1. The third kappa shape index (κ3) is 7.96. The van der Waals surface area contributed by atoms with Crippen LogP contribution in [0.1, 0.15) is 35.6 Å². The normalized spacial score (nSPS) is 11.5. The van der Waals surface area contributed by atoms with E-state index in [-0.39, 0.29) is 18.4 Å². The number of nitrogens with zero attached hydrogens (tertiary/aromatic N) is 1. The largest absolute Gasteiger partial charge is 0.483 e. The topological polar surface area (TPSA) is 58.6 Å². The highest BCUT2D eigenvalue weighted by molar-refractivity contribution is 9.10. The van der Waals surface area contributed by atoms with Gasteiger partial charge in [-0.25, -0.2) is 0 Å². The Labute approximate surface area is 216 Å². The average Bonchev–Trinajstić information content (AvgIpc) is 2.86. The SMILES string of the molecule is CCCNC(=O)C(Cc1ccccc1)N(Cc1ccc(Br)cc1)C(=O)COc1cc(C)ccc1C. The first-order valence-electron chi connectivity index (χ1n) is 11.9. The van der Waals surface area contributed by atoms with Crippen molar-refractivity contribution >= 4 is 27.7 Å². The Morgan fingerprint density at radius 1 is 0.971 bits per heavy atom. The van der Waals surface area contributed by atoms with Gasteiger partial charge in [-0.15, -0.1) is 0 Å². The van der Waals surface area contributed by atoms with Crippen LogP contribution in [0.5, 0.6) is 5.75 Å². The third-order valence-electron chi connectivity index (χ3n) is 5.78. The van der Waals surface area contributed by atoms with Crippen LogP contribution in [-0.4, -0.2) is 35.9 Å². The van der Waals surface area contributed by atoms with E-state index in [0.29, 0.717) is 25.3 Å². The van der Waals surface area contributed by atoms with Crippen LogP contribution in [0.2, 0.25) is 0 Å². The number of carbonyl (C=O) groups is 2. The van der Waals surface area contributed by atoms with Gasteiger partial charge in [0.15, 0.2) is 6.61 Å². The molecule has 184 valence electrons. The molecular formula is C29H33BrN2O3. The molecule has 0 aliphatic heterocycles. The second-order valence-corrected chi connectivity index (χ2v) is 9.62. The van der Waals surface area contributed by atoms with E-state index < -0.39 is 6.04 Å². The maximum Gasteiger partial charge on any atom is 0.261 e. The van der Waals surface area contributed by atoms with E-state index in [2.05, 4.69) is 21.2 Å². The summed E-state index contributed by atoms with van der Waals surface area (Å²) in [5.74, 6) is 0.284. The van der Waals surface area contributed by atoms with E-state index in [1.54, 1.807) is 4.90 Å². The molecule has 0 aromatic heterocycles. The summed E-state index contributed by atoms with van der Waals surface area (Å²) in [6, 6.07) is 22.8. The maximum absolute atomic E-state index is 13.6. The second-order valence-electron chi connectivity index (χ2n) is 8.70. The predicted molar refractivity (Wildman–Crippen MR) is 143 cm³/mol. The number of benzene rings is 3. The summed E-state index contributed by atoms with van der Waals surface area (Å²) in [5.41, 5.74) is 3.96.